The molecule has 2 atom stereocenters. The summed E-state index contributed by atoms with van der Waals surface area (Å²) in [5, 5.41) is 6.27. The molecule has 3 rings (SSSR count). The van der Waals surface area contributed by atoms with Crippen LogP contribution in [-0.2, 0) is 31.0 Å². The molecule has 0 saturated carbocycles. The summed E-state index contributed by atoms with van der Waals surface area (Å²) >= 11 is 6.47. The number of hydrogen-bond acceptors (Lipinski definition) is 4. The van der Waals surface area contributed by atoms with Crippen molar-refractivity contribution in [3.8, 4) is 0 Å². The van der Waals surface area contributed by atoms with Crippen LogP contribution in [0.1, 0.15) is 51.2 Å². The zero-order chi connectivity index (χ0) is 21.9. The number of rotatable bonds is 6. The van der Waals surface area contributed by atoms with E-state index in [1.54, 1.807) is 0 Å². The SMILES string of the molecule is CC(C)(C)c1ccc(CC(=O)[C@@H](NC(=O)[C@H]2CNC(=O)C2)C2CCOCC2)cc1Cl. The molecule has 0 aliphatic carbocycles. The predicted octanol–water partition coefficient (Wildman–Crippen LogP) is 2.80. The summed E-state index contributed by atoms with van der Waals surface area (Å²) in [4.78, 5) is 37.4. The number of nitrogens with one attached hydrogen (secondary N) is 2. The van der Waals surface area contributed by atoms with Gasteiger partial charge in [0.2, 0.25) is 11.8 Å². The maximum absolute atomic E-state index is 13.2. The largest absolute Gasteiger partial charge is 0.381 e. The summed E-state index contributed by atoms with van der Waals surface area (Å²) < 4.78 is 5.43. The zero-order valence-electron chi connectivity index (χ0n) is 17.9. The van der Waals surface area contributed by atoms with Crippen molar-refractivity contribution < 1.29 is 19.1 Å². The molecule has 164 valence electrons. The molecule has 1 aromatic rings. The third-order valence-electron chi connectivity index (χ3n) is 5.95. The Bertz CT molecular complexity index is 812. The van der Waals surface area contributed by atoms with E-state index in [1.165, 1.54) is 0 Å². The van der Waals surface area contributed by atoms with Crippen LogP contribution >= 0.6 is 11.6 Å². The number of Topliss-reactive ketones (excluding diaryl/α,β-unsaturated/α-hetero) is 1. The van der Waals surface area contributed by atoms with E-state index in [2.05, 4.69) is 31.4 Å². The van der Waals surface area contributed by atoms with Crippen molar-refractivity contribution in [2.75, 3.05) is 19.8 Å². The molecule has 2 N–H and O–H groups in total. The van der Waals surface area contributed by atoms with E-state index in [4.69, 9.17) is 16.3 Å². The first-order chi connectivity index (χ1) is 14.1. The Morgan fingerprint density at radius 2 is 1.97 bits per heavy atom. The highest BCUT2D eigenvalue weighted by molar-refractivity contribution is 6.31. The van der Waals surface area contributed by atoms with Crippen molar-refractivity contribution in [1.29, 1.82) is 0 Å². The second-order valence-corrected chi connectivity index (χ2v) is 9.76. The summed E-state index contributed by atoms with van der Waals surface area (Å²) in [5.41, 5.74) is 1.79. The molecule has 1 aromatic carbocycles. The third-order valence-corrected chi connectivity index (χ3v) is 6.26. The van der Waals surface area contributed by atoms with E-state index in [0.29, 0.717) is 24.8 Å². The van der Waals surface area contributed by atoms with E-state index < -0.39 is 12.0 Å². The Hall–Kier alpha value is -1.92. The summed E-state index contributed by atoms with van der Waals surface area (Å²) in [6.45, 7) is 7.78. The minimum absolute atomic E-state index is 0.0320. The Morgan fingerprint density at radius 3 is 2.53 bits per heavy atom. The fourth-order valence-electron chi connectivity index (χ4n) is 4.16. The van der Waals surface area contributed by atoms with Crippen LogP contribution in [0, 0.1) is 11.8 Å². The number of hydrogen-bond donors (Lipinski definition) is 2. The van der Waals surface area contributed by atoms with Crippen molar-refractivity contribution in [2.24, 2.45) is 11.8 Å². The van der Waals surface area contributed by atoms with E-state index >= 15 is 0 Å². The van der Waals surface area contributed by atoms with E-state index in [0.717, 1.165) is 24.0 Å². The van der Waals surface area contributed by atoms with Crippen LogP contribution in [0.2, 0.25) is 5.02 Å². The van der Waals surface area contributed by atoms with Crippen molar-refractivity contribution in [3.05, 3.63) is 34.3 Å². The minimum atomic E-state index is -0.585. The molecule has 2 aliphatic heterocycles. The molecular formula is C23H31ClN2O4. The van der Waals surface area contributed by atoms with Gasteiger partial charge in [0.25, 0.3) is 0 Å². The van der Waals surface area contributed by atoms with Gasteiger partial charge in [-0.15, -0.1) is 0 Å². The number of benzene rings is 1. The van der Waals surface area contributed by atoms with Gasteiger partial charge in [0.1, 0.15) is 0 Å². The maximum Gasteiger partial charge on any atom is 0.226 e. The number of amides is 2. The van der Waals surface area contributed by atoms with Gasteiger partial charge in [0, 0.05) is 37.6 Å². The number of carbonyl (C=O) groups excluding carboxylic acids is 3. The van der Waals surface area contributed by atoms with Gasteiger partial charge >= 0.3 is 0 Å². The molecule has 2 saturated heterocycles. The fourth-order valence-corrected chi connectivity index (χ4v) is 4.65. The van der Waals surface area contributed by atoms with Gasteiger partial charge in [-0.25, -0.2) is 0 Å². The number of carbonyl (C=O) groups is 3. The topological polar surface area (TPSA) is 84.5 Å². The fraction of sp³-hybridized carbons (Fsp3) is 0.609. The lowest BCUT2D eigenvalue weighted by atomic mass is 9.84. The lowest BCUT2D eigenvalue weighted by Gasteiger charge is -2.31. The minimum Gasteiger partial charge on any atom is -0.381 e. The molecule has 2 fully saturated rings. The molecule has 0 unspecified atom stereocenters. The molecule has 30 heavy (non-hydrogen) atoms. The van der Waals surface area contributed by atoms with E-state index in [9.17, 15) is 14.4 Å². The third kappa shape index (κ3) is 5.61. The first-order valence-corrected chi connectivity index (χ1v) is 11.0. The van der Waals surface area contributed by atoms with Crippen molar-refractivity contribution in [2.45, 2.75) is 57.9 Å². The highest BCUT2D eigenvalue weighted by Crippen LogP contribution is 2.30. The lowest BCUT2D eigenvalue weighted by molar-refractivity contribution is -0.132. The van der Waals surface area contributed by atoms with Crippen molar-refractivity contribution >= 4 is 29.2 Å². The monoisotopic (exact) mass is 434 g/mol. The number of ether oxygens (including phenoxy) is 1. The van der Waals surface area contributed by atoms with Crippen LogP contribution in [0.4, 0.5) is 0 Å². The van der Waals surface area contributed by atoms with Crippen molar-refractivity contribution in [1.82, 2.24) is 10.6 Å². The molecule has 0 bridgehead atoms. The molecule has 2 heterocycles. The Labute approximate surface area is 183 Å². The zero-order valence-corrected chi connectivity index (χ0v) is 18.7. The predicted molar refractivity (Wildman–Crippen MR) is 115 cm³/mol. The van der Waals surface area contributed by atoms with Gasteiger partial charge in [-0.3, -0.25) is 14.4 Å². The molecule has 6 nitrogen and oxygen atoms in total. The molecule has 0 aromatic heterocycles. The molecule has 2 aliphatic rings. The van der Waals surface area contributed by atoms with Crippen LogP contribution < -0.4 is 10.6 Å². The van der Waals surface area contributed by atoms with Crippen LogP contribution in [0.5, 0.6) is 0 Å². The van der Waals surface area contributed by atoms with E-state index in [-0.39, 0.29) is 41.8 Å². The average Bonchev–Trinajstić information content (AvgIpc) is 3.12. The van der Waals surface area contributed by atoms with Gasteiger partial charge in [-0.1, -0.05) is 44.5 Å². The van der Waals surface area contributed by atoms with Crippen LogP contribution in [0.15, 0.2) is 18.2 Å². The van der Waals surface area contributed by atoms with Crippen LogP contribution in [0.3, 0.4) is 0 Å². The number of ketones is 1. The Balaban J connectivity index is 1.74. The maximum atomic E-state index is 13.2. The first kappa shape index (κ1) is 22.8. The van der Waals surface area contributed by atoms with Gasteiger partial charge in [0.15, 0.2) is 5.78 Å². The quantitative estimate of drug-likeness (QED) is 0.721. The summed E-state index contributed by atoms with van der Waals surface area (Å²) in [6.07, 6.45) is 1.82. The van der Waals surface area contributed by atoms with Gasteiger partial charge in [-0.2, -0.15) is 0 Å². The van der Waals surface area contributed by atoms with Gasteiger partial charge in [-0.05, 0) is 41.4 Å². The number of halogens is 1. The molecule has 0 spiro atoms. The van der Waals surface area contributed by atoms with Crippen LogP contribution in [-0.4, -0.2) is 43.4 Å². The summed E-state index contributed by atoms with van der Waals surface area (Å²) in [5.74, 6) is -0.790. The lowest BCUT2D eigenvalue weighted by Crippen LogP contribution is -2.50. The highest BCUT2D eigenvalue weighted by Gasteiger charge is 2.35. The standard InChI is InChI=1S/C23H31ClN2O4/c1-23(2,3)17-5-4-14(10-18(17)24)11-19(27)21(15-6-8-30-9-7-15)26-22(29)16-12-20(28)25-13-16/h4-5,10,15-16,21H,6-9,11-13H2,1-3H3,(H,25,28)(H,26,29)/t16-,21+/m1/s1. The molecular weight excluding hydrogens is 404 g/mol. The highest BCUT2D eigenvalue weighted by atomic mass is 35.5. The Morgan fingerprint density at radius 1 is 1.27 bits per heavy atom. The van der Waals surface area contributed by atoms with Crippen molar-refractivity contribution in [3.63, 3.8) is 0 Å². The molecule has 0 radical (unpaired) electrons. The van der Waals surface area contributed by atoms with Gasteiger partial charge < -0.3 is 15.4 Å². The molecule has 7 heteroatoms. The average molecular weight is 435 g/mol. The summed E-state index contributed by atoms with van der Waals surface area (Å²) in [6, 6.07) is 5.18. The van der Waals surface area contributed by atoms with Crippen LogP contribution in [0.25, 0.3) is 0 Å². The van der Waals surface area contributed by atoms with E-state index in [1.807, 2.05) is 18.2 Å². The first-order valence-electron chi connectivity index (χ1n) is 10.6. The smallest absolute Gasteiger partial charge is 0.226 e. The molecule has 2 amide bonds. The second-order valence-electron chi connectivity index (χ2n) is 9.35. The van der Waals surface area contributed by atoms with Gasteiger partial charge in [0.05, 0.1) is 12.0 Å². The summed E-state index contributed by atoms with van der Waals surface area (Å²) in [7, 11) is 0. The Kier molecular flexibility index (Phi) is 7.19. The second kappa shape index (κ2) is 9.48. The normalized spacial score (nSPS) is 21.2.